The van der Waals surface area contributed by atoms with Crippen molar-refractivity contribution < 1.29 is 9.47 Å². The van der Waals surface area contributed by atoms with Gasteiger partial charge in [0.2, 0.25) is 0 Å². The Morgan fingerprint density at radius 2 is 1.52 bits per heavy atom. The van der Waals surface area contributed by atoms with E-state index in [1.54, 1.807) is 14.2 Å². The van der Waals surface area contributed by atoms with Crippen LogP contribution in [0.5, 0.6) is 11.5 Å². The van der Waals surface area contributed by atoms with Crippen molar-refractivity contribution in [2.45, 2.75) is 0 Å². The molecule has 0 spiro atoms. The number of methoxy groups -OCH3 is 2. The summed E-state index contributed by atoms with van der Waals surface area (Å²) in [7, 11) is 3.26. The van der Waals surface area contributed by atoms with Crippen molar-refractivity contribution in [3.8, 4) is 22.9 Å². The molecule has 0 atom stereocenters. The van der Waals surface area contributed by atoms with E-state index in [1.165, 1.54) is 0 Å². The van der Waals surface area contributed by atoms with Crippen LogP contribution in [0.4, 0.5) is 0 Å². The third-order valence-corrected chi connectivity index (χ3v) is 4.61. The van der Waals surface area contributed by atoms with Gasteiger partial charge in [-0.15, -0.1) is 0 Å². The summed E-state index contributed by atoms with van der Waals surface area (Å²) in [4.78, 5) is 17.5. The number of nitrogens with one attached hydrogen (secondary N) is 1. The van der Waals surface area contributed by atoms with Crippen molar-refractivity contribution in [1.29, 1.82) is 0 Å². The lowest BCUT2D eigenvalue weighted by molar-refractivity contribution is 0.404. The molecule has 2 aromatic heterocycles. The van der Waals surface area contributed by atoms with E-state index in [0.29, 0.717) is 11.6 Å². The fraction of sp³-hybridized carbons (Fsp3) is 0.0952. The summed E-state index contributed by atoms with van der Waals surface area (Å²) < 4.78 is 10.8. The Hall–Kier alpha value is -3.67. The Balaban J connectivity index is 1.73. The maximum Gasteiger partial charge on any atom is 0.164 e. The zero-order chi connectivity index (χ0) is 18.4. The van der Waals surface area contributed by atoms with Crippen LogP contribution >= 0.6 is 0 Å². The molecule has 0 unspecified atom stereocenters. The van der Waals surface area contributed by atoms with E-state index in [-0.39, 0.29) is 0 Å². The fourth-order valence-electron chi connectivity index (χ4n) is 3.25. The molecule has 0 fully saturated rings. The number of benzene rings is 3. The summed E-state index contributed by atoms with van der Waals surface area (Å²) in [6.45, 7) is 0. The third-order valence-electron chi connectivity index (χ3n) is 4.61. The summed E-state index contributed by atoms with van der Waals surface area (Å²) in [5.41, 5.74) is 6.06. The van der Waals surface area contributed by atoms with Crippen LogP contribution in [0.2, 0.25) is 0 Å². The first-order chi connectivity index (χ1) is 13.2. The van der Waals surface area contributed by atoms with E-state index in [4.69, 9.17) is 24.4 Å². The molecule has 0 aliphatic heterocycles. The standard InChI is InChI=1S/C21H16N4O2/c1-26-12-7-8-20(27-2)13(9-12)21-24-18-10-16-17(11-19(18)25-21)23-15-6-4-3-5-14(15)22-16/h3-11,22H,1-2H3. The highest BCUT2D eigenvalue weighted by Gasteiger charge is 2.14. The molecule has 6 heteroatoms. The van der Waals surface area contributed by atoms with Crippen LogP contribution in [-0.2, 0) is 0 Å². The molecular weight excluding hydrogens is 340 g/mol. The van der Waals surface area contributed by atoms with Gasteiger partial charge in [-0.05, 0) is 42.5 Å². The van der Waals surface area contributed by atoms with E-state index in [0.717, 1.165) is 44.4 Å². The lowest BCUT2D eigenvalue weighted by atomic mass is 10.2. The third kappa shape index (κ3) is 2.54. The predicted molar refractivity (Wildman–Crippen MR) is 105 cm³/mol. The molecule has 5 rings (SSSR count). The number of fused-ring (bicyclic) bond motifs is 3. The van der Waals surface area contributed by atoms with Gasteiger partial charge in [0.05, 0.1) is 52.9 Å². The van der Waals surface area contributed by atoms with E-state index in [1.807, 2.05) is 54.6 Å². The van der Waals surface area contributed by atoms with Crippen LogP contribution in [0.3, 0.4) is 0 Å². The van der Waals surface area contributed by atoms with Crippen molar-refractivity contribution in [1.82, 2.24) is 19.9 Å². The quantitative estimate of drug-likeness (QED) is 0.487. The van der Waals surface area contributed by atoms with Gasteiger partial charge < -0.3 is 14.5 Å². The molecule has 0 saturated carbocycles. The zero-order valence-corrected chi connectivity index (χ0v) is 14.9. The SMILES string of the molecule is COc1ccc(OC)c(-c2nc3cc4nc5ccccc5[nH]c4cc3n2)c1. The highest BCUT2D eigenvalue weighted by Crippen LogP contribution is 2.33. The van der Waals surface area contributed by atoms with Gasteiger partial charge in [0.25, 0.3) is 0 Å². The first-order valence-electron chi connectivity index (χ1n) is 8.54. The van der Waals surface area contributed by atoms with Gasteiger partial charge in [-0.1, -0.05) is 12.1 Å². The average molecular weight is 356 g/mol. The number of H-pyrrole nitrogens is 1. The first-order valence-corrected chi connectivity index (χ1v) is 8.54. The van der Waals surface area contributed by atoms with Crippen molar-refractivity contribution in [2.75, 3.05) is 14.2 Å². The Morgan fingerprint density at radius 1 is 0.704 bits per heavy atom. The molecule has 0 radical (unpaired) electrons. The van der Waals surface area contributed by atoms with Gasteiger partial charge >= 0.3 is 0 Å². The molecule has 0 aliphatic rings. The van der Waals surface area contributed by atoms with Crippen molar-refractivity contribution in [2.24, 2.45) is 0 Å². The Kier molecular flexibility index (Phi) is 3.43. The number of ether oxygens (including phenoxy) is 2. The van der Waals surface area contributed by atoms with Gasteiger partial charge in [0.1, 0.15) is 11.5 Å². The molecule has 5 aromatic rings. The molecule has 0 aliphatic carbocycles. The molecule has 0 saturated heterocycles. The molecule has 27 heavy (non-hydrogen) atoms. The number of hydrogen-bond donors (Lipinski definition) is 1. The van der Waals surface area contributed by atoms with Gasteiger partial charge in [0.15, 0.2) is 5.82 Å². The smallest absolute Gasteiger partial charge is 0.164 e. The van der Waals surface area contributed by atoms with Gasteiger partial charge in [-0.2, -0.15) is 0 Å². The topological polar surface area (TPSA) is 72.9 Å². The van der Waals surface area contributed by atoms with Crippen molar-refractivity contribution >= 4 is 33.1 Å². The number of rotatable bonds is 3. The average Bonchev–Trinajstić information content (AvgIpc) is 3.12. The monoisotopic (exact) mass is 356 g/mol. The lowest BCUT2D eigenvalue weighted by Gasteiger charge is -2.07. The van der Waals surface area contributed by atoms with Crippen LogP contribution in [-0.4, -0.2) is 34.2 Å². The second-order valence-corrected chi connectivity index (χ2v) is 6.23. The van der Waals surface area contributed by atoms with Gasteiger partial charge in [-0.25, -0.2) is 15.0 Å². The summed E-state index contributed by atoms with van der Waals surface area (Å²) in [5, 5.41) is 0. The molecule has 6 nitrogen and oxygen atoms in total. The highest BCUT2D eigenvalue weighted by atomic mass is 16.5. The number of para-hydroxylation sites is 2. The van der Waals surface area contributed by atoms with Crippen LogP contribution in [0.25, 0.3) is 44.5 Å². The minimum atomic E-state index is 0.598. The second-order valence-electron chi connectivity index (χ2n) is 6.23. The largest absolute Gasteiger partial charge is 0.497 e. The van der Waals surface area contributed by atoms with Crippen LogP contribution in [0.15, 0.2) is 54.6 Å². The number of aromatic amines is 1. The Labute approximate surface area is 154 Å². The van der Waals surface area contributed by atoms with Gasteiger partial charge in [-0.3, -0.25) is 0 Å². The zero-order valence-electron chi connectivity index (χ0n) is 14.9. The van der Waals surface area contributed by atoms with Crippen LogP contribution in [0.1, 0.15) is 0 Å². The van der Waals surface area contributed by atoms with E-state index in [2.05, 4.69) is 4.98 Å². The summed E-state index contributed by atoms with van der Waals surface area (Å²) in [5.74, 6) is 2.03. The molecule has 0 amide bonds. The van der Waals surface area contributed by atoms with Crippen molar-refractivity contribution in [3.63, 3.8) is 0 Å². The minimum absolute atomic E-state index is 0.598. The first kappa shape index (κ1) is 15.6. The lowest BCUT2D eigenvalue weighted by Crippen LogP contribution is -1.91. The molecule has 1 N–H and O–H groups in total. The highest BCUT2D eigenvalue weighted by molar-refractivity contribution is 5.95. The maximum absolute atomic E-state index is 5.47. The number of aromatic nitrogens is 4. The Morgan fingerprint density at radius 3 is 2.33 bits per heavy atom. The number of imidazole rings is 1. The second kappa shape index (κ2) is 5.95. The Bertz CT molecular complexity index is 1240. The number of nitrogens with zero attached hydrogens (tertiary/aromatic N) is 3. The molecule has 3 aromatic carbocycles. The van der Waals surface area contributed by atoms with Crippen LogP contribution in [0, 0.1) is 0 Å². The van der Waals surface area contributed by atoms with Crippen LogP contribution < -0.4 is 9.47 Å². The maximum atomic E-state index is 5.47. The summed E-state index contributed by atoms with van der Waals surface area (Å²) >= 11 is 0. The fourth-order valence-corrected chi connectivity index (χ4v) is 3.25. The molecule has 2 heterocycles. The summed E-state index contributed by atoms with van der Waals surface area (Å²) in [6, 6.07) is 17.5. The molecule has 132 valence electrons. The van der Waals surface area contributed by atoms with E-state index >= 15 is 0 Å². The normalized spacial score (nSPS) is 11.3. The minimum Gasteiger partial charge on any atom is -0.497 e. The van der Waals surface area contributed by atoms with Crippen molar-refractivity contribution in [3.05, 3.63) is 54.6 Å². The predicted octanol–water partition coefficient (Wildman–Crippen LogP) is 4.34. The van der Waals surface area contributed by atoms with E-state index in [9.17, 15) is 0 Å². The van der Waals surface area contributed by atoms with Gasteiger partial charge in [0, 0.05) is 0 Å². The number of hydrogen-bond acceptors (Lipinski definition) is 5. The van der Waals surface area contributed by atoms with E-state index < -0.39 is 0 Å². The molecule has 0 bridgehead atoms. The summed E-state index contributed by atoms with van der Waals surface area (Å²) in [6.07, 6.45) is 0. The molecular formula is C21H16N4O2.